The maximum atomic E-state index is 12.4. The Kier molecular flexibility index (Phi) is 70.3. The van der Waals surface area contributed by atoms with Gasteiger partial charge in [0, 0.05) is 12.8 Å². The molecule has 0 saturated heterocycles. The minimum absolute atomic E-state index is 0.0672. The number of rotatable bonds is 66. The number of unbranched alkanes of at least 4 members (excludes halogenated alkanes) is 38. The monoisotopic (exact) mass is 1170 g/mol. The molecule has 0 aromatic rings. The van der Waals surface area contributed by atoms with Crippen molar-refractivity contribution in [3.8, 4) is 0 Å². The zero-order valence-corrected chi connectivity index (χ0v) is 55.4. The van der Waals surface area contributed by atoms with Gasteiger partial charge >= 0.3 is 11.9 Å². The molecular formula is C79H136O5. The first-order chi connectivity index (χ1) is 41.6. The van der Waals surface area contributed by atoms with Gasteiger partial charge in [-0.3, -0.25) is 9.59 Å². The fraction of sp³-hybridized carbons (Fsp3) is 0.722. The van der Waals surface area contributed by atoms with Crippen LogP contribution in [0.5, 0.6) is 0 Å². The predicted octanol–water partition coefficient (Wildman–Crippen LogP) is 25.3. The Morgan fingerprint density at radius 2 is 0.512 bits per heavy atom. The summed E-state index contributed by atoms with van der Waals surface area (Å²) in [6, 6.07) is 0. The van der Waals surface area contributed by atoms with E-state index in [9.17, 15) is 14.7 Å². The first-order valence-corrected chi connectivity index (χ1v) is 36.1. The Balaban J connectivity index is 3.49. The summed E-state index contributed by atoms with van der Waals surface area (Å²) in [6.45, 7) is 4.06. The molecule has 0 rings (SSSR count). The molecule has 0 spiro atoms. The van der Waals surface area contributed by atoms with Crippen LogP contribution in [0.15, 0.2) is 122 Å². The third kappa shape index (κ3) is 70.8. The minimum Gasteiger partial charge on any atom is -0.462 e. The van der Waals surface area contributed by atoms with Crippen molar-refractivity contribution in [3.05, 3.63) is 122 Å². The van der Waals surface area contributed by atoms with Crippen molar-refractivity contribution in [2.24, 2.45) is 0 Å². The van der Waals surface area contributed by atoms with Gasteiger partial charge in [0.1, 0.15) is 6.61 Å². The lowest BCUT2D eigenvalue weighted by molar-refractivity contribution is -0.161. The number of hydrogen-bond donors (Lipinski definition) is 1. The fourth-order valence-corrected chi connectivity index (χ4v) is 10.4. The van der Waals surface area contributed by atoms with Gasteiger partial charge in [-0.2, -0.15) is 0 Å². The Morgan fingerprint density at radius 1 is 0.286 bits per heavy atom. The number of allylic oxidation sites excluding steroid dienone is 20. The molecule has 0 saturated carbocycles. The number of aliphatic hydroxyl groups is 1. The molecule has 0 radical (unpaired) electrons. The second-order valence-corrected chi connectivity index (χ2v) is 23.9. The normalized spacial score (nSPS) is 12.9. The number of ether oxygens (including phenoxy) is 2. The number of esters is 2. The molecule has 1 unspecified atom stereocenters. The second kappa shape index (κ2) is 73.6. The van der Waals surface area contributed by atoms with Gasteiger partial charge in [-0.1, -0.05) is 347 Å². The van der Waals surface area contributed by atoms with Crippen molar-refractivity contribution in [3.63, 3.8) is 0 Å². The number of carbonyl (C=O) groups is 2. The Labute approximate surface area is 522 Å². The Hall–Kier alpha value is -3.70. The number of hydrogen-bond acceptors (Lipinski definition) is 5. The van der Waals surface area contributed by atoms with Crippen LogP contribution in [0.25, 0.3) is 0 Å². The molecule has 0 aromatic heterocycles. The minimum atomic E-state index is -0.779. The largest absolute Gasteiger partial charge is 0.462 e. The number of aliphatic hydroxyl groups excluding tert-OH is 1. The summed E-state index contributed by atoms with van der Waals surface area (Å²) in [6.07, 6.45) is 108. The molecular weight excluding hydrogens is 1030 g/mol. The second-order valence-electron chi connectivity index (χ2n) is 23.9. The van der Waals surface area contributed by atoms with Gasteiger partial charge in [0.2, 0.25) is 0 Å². The highest BCUT2D eigenvalue weighted by Gasteiger charge is 2.16. The number of carbonyl (C=O) groups excluding carboxylic acids is 2. The zero-order valence-electron chi connectivity index (χ0n) is 55.4. The van der Waals surface area contributed by atoms with Gasteiger partial charge in [0.25, 0.3) is 0 Å². The highest BCUT2D eigenvalue weighted by molar-refractivity contribution is 5.70. The topological polar surface area (TPSA) is 72.8 Å². The van der Waals surface area contributed by atoms with Crippen LogP contribution >= 0.6 is 0 Å². The van der Waals surface area contributed by atoms with Crippen LogP contribution in [0.2, 0.25) is 0 Å². The van der Waals surface area contributed by atoms with E-state index in [0.717, 1.165) is 96.3 Å². The Bertz CT molecular complexity index is 1650. The standard InChI is InChI=1S/C79H136O5/c1-3-5-7-9-11-13-15-17-19-21-23-25-27-29-31-33-34-35-36-37-38-39-40-41-42-43-44-46-48-50-52-54-56-58-60-62-64-66-68-70-72-74-79(82)84-77(75-80)76-83-78(81)73-71-69-67-65-63-61-59-57-55-53-51-49-47-45-32-30-28-26-24-22-20-18-16-14-12-10-8-6-4-2/h5,7,11,13,17,19,22-25,29,31,34-35,37-38,40-41,43-44,77,80H,3-4,6,8-10,12,14-16,18,20-21,26-28,30,32-33,36,39,42,45-76H2,1-2H3/b7-5-,13-11-,19-17-,24-22-,25-23-,31-29-,35-34-,38-37-,41-40-,44-43-. The van der Waals surface area contributed by atoms with Crippen LogP contribution in [-0.2, 0) is 19.1 Å². The SMILES string of the molecule is CC/C=C\C/C=C\C/C=C\C/C=C\C/C=C\C/C=C\C/C=C\C/C=C\C/C=C\CCCCCCCCCCCCCCCC(=O)OC(CO)COC(=O)CCCCCCCCCCCCCCCCCCC/C=C\CCCCCCCCCC. The molecule has 5 heteroatoms. The summed E-state index contributed by atoms with van der Waals surface area (Å²) in [5.41, 5.74) is 0. The molecule has 0 fully saturated rings. The van der Waals surface area contributed by atoms with E-state index in [1.54, 1.807) is 0 Å². The molecule has 0 heterocycles. The summed E-state index contributed by atoms with van der Waals surface area (Å²) in [5.74, 6) is -0.582. The highest BCUT2D eigenvalue weighted by atomic mass is 16.6. The molecule has 1 atom stereocenters. The maximum Gasteiger partial charge on any atom is 0.306 e. The van der Waals surface area contributed by atoms with E-state index < -0.39 is 6.10 Å². The van der Waals surface area contributed by atoms with Crippen molar-refractivity contribution in [1.29, 1.82) is 0 Å². The average Bonchev–Trinajstić information content (AvgIpc) is 3.51. The third-order valence-electron chi connectivity index (χ3n) is 15.7. The lowest BCUT2D eigenvalue weighted by Gasteiger charge is -2.15. The predicted molar refractivity (Wildman–Crippen MR) is 371 cm³/mol. The molecule has 0 amide bonds. The highest BCUT2D eigenvalue weighted by Crippen LogP contribution is 2.18. The van der Waals surface area contributed by atoms with Crippen LogP contribution in [-0.4, -0.2) is 36.4 Å². The molecule has 0 bridgehead atoms. The van der Waals surface area contributed by atoms with E-state index in [4.69, 9.17) is 9.47 Å². The fourth-order valence-electron chi connectivity index (χ4n) is 10.4. The molecule has 0 aliphatic rings. The van der Waals surface area contributed by atoms with Crippen LogP contribution < -0.4 is 0 Å². The van der Waals surface area contributed by atoms with Gasteiger partial charge in [0.15, 0.2) is 6.10 Å². The summed E-state index contributed by atoms with van der Waals surface area (Å²) >= 11 is 0. The van der Waals surface area contributed by atoms with Gasteiger partial charge < -0.3 is 14.6 Å². The quantitative estimate of drug-likeness (QED) is 0.0373. The molecule has 0 aliphatic heterocycles. The van der Waals surface area contributed by atoms with Crippen LogP contribution in [0.3, 0.4) is 0 Å². The first kappa shape index (κ1) is 80.3. The van der Waals surface area contributed by atoms with E-state index in [2.05, 4.69) is 135 Å². The maximum absolute atomic E-state index is 12.4. The van der Waals surface area contributed by atoms with Crippen molar-refractivity contribution < 1.29 is 24.2 Å². The molecule has 0 aliphatic carbocycles. The van der Waals surface area contributed by atoms with Crippen LogP contribution in [0, 0.1) is 0 Å². The van der Waals surface area contributed by atoms with Crippen LogP contribution in [0.1, 0.15) is 348 Å². The van der Waals surface area contributed by atoms with Gasteiger partial charge in [0.05, 0.1) is 6.61 Å². The summed E-state index contributed by atoms with van der Waals surface area (Å²) < 4.78 is 10.8. The molecule has 482 valence electrons. The third-order valence-corrected chi connectivity index (χ3v) is 15.7. The first-order valence-electron chi connectivity index (χ1n) is 36.1. The molecule has 0 aromatic carbocycles. The smallest absolute Gasteiger partial charge is 0.306 e. The van der Waals surface area contributed by atoms with Crippen molar-refractivity contribution in [2.45, 2.75) is 354 Å². The Morgan fingerprint density at radius 3 is 0.786 bits per heavy atom. The van der Waals surface area contributed by atoms with Crippen molar-refractivity contribution >= 4 is 11.9 Å². The van der Waals surface area contributed by atoms with Gasteiger partial charge in [-0.15, -0.1) is 0 Å². The van der Waals surface area contributed by atoms with E-state index in [1.807, 2.05) is 0 Å². The summed E-state index contributed by atoms with van der Waals surface area (Å²) in [5, 5.41) is 9.71. The lowest BCUT2D eigenvalue weighted by Crippen LogP contribution is -2.28. The van der Waals surface area contributed by atoms with Crippen LogP contribution in [0.4, 0.5) is 0 Å². The summed E-state index contributed by atoms with van der Waals surface area (Å²) in [7, 11) is 0. The van der Waals surface area contributed by atoms with Crippen molar-refractivity contribution in [1.82, 2.24) is 0 Å². The van der Waals surface area contributed by atoms with E-state index in [-0.39, 0.29) is 25.2 Å². The molecule has 84 heavy (non-hydrogen) atoms. The lowest BCUT2D eigenvalue weighted by atomic mass is 10.0. The molecule has 5 nitrogen and oxygen atoms in total. The van der Waals surface area contributed by atoms with E-state index in [1.165, 1.54) is 225 Å². The van der Waals surface area contributed by atoms with E-state index >= 15 is 0 Å². The van der Waals surface area contributed by atoms with E-state index in [0.29, 0.717) is 12.8 Å². The van der Waals surface area contributed by atoms with Crippen molar-refractivity contribution in [2.75, 3.05) is 13.2 Å². The average molecular weight is 1170 g/mol. The zero-order chi connectivity index (χ0) is 60.5. The molecule has 1 N–H and O–H groups in total. The van der Waals surface area contributed by atoms with Gasteiger partial charge in [-0.05, 0) is 109 Å². The summed E-state index contributed by atoms with van der Waals surface area (Å²) in [4.78, 5) is 24.7. The van der Waals surface area contributed by atoms with Gasteiger partial charge in [-0.25, -0.2) is 0 Å².